The molecule has 0 spiro atoms. The van der Waals surface area contributed by atoms with Crippen LogP contribution in [0.3, 0.4) is 0 Å². The van der Waals surface area contributed by atoms with Crippen molar-refractivity contribution < 1.29 is 91.6 Å². The van der Waals surface area contributed by atoms with Crippen molar-refractivity contribution in [2.45, 2.75) is 208 Å². The van der Waals surface area contributed by atoms with E-state index in [1.165, 1.54) is 28.4 Å². The Hall–Kier alpha value is -10.2. The van der Waals surface area contributed by atoms with Gasteiger partial charge in [-0.2, -0.15) is 28.4 Å². The zero-order valence-electron chi connectivity index (χ0n) is 61.7. The van der Waals surface area contributed by atoms with Gasteiger partial charge in [-0.3, -0.25) is 72.2 Å². The molecule has 19 N–H and O–H groups in total. The first-order valence-electron chi connectivity index (χ1n) is 36.4. The molecule has 3 aromatic rings. The molecule has 1 fully saturated rings. The number of carboxylic acid groups (broad SMARTS) is 1. The van der Waals surface area contributed by atoms with Crippen LogP contribution in [0.4, 0.5) is 0 Å². The fourth-order valence-corrected chi connectivity index (χ4v) is 14.2. The fourth-order valence-electron chi connectivity index (χ4n) is 12.2. The van der Waals surface area contributed by atoms with Gasteiger partial charge >= 0.3 is 11.9 Å². The number of nitrogens with two attached hydrogens (primary N) is 4. The van der Waals surface area contributed by atoms with E-state index in [0.717, 1.165) is 19.7 Å². The SMILES string of the molecule is CCCC[C@@H]1NC(=O)[C@@H]2CCCN2C(=O)[C@@H]2CSCc3cc(cc(c3)OCCCCCCO/N=C/C(=O)N[C@@H](CCCN=C(N)N)C(=O)N2)CSC[C@@H](C(N)=O)NC(=O)[C@H](CCC(=O)O)NC(=O)[C@H](CCC(N)=O)NC(=O)[C@H](Cc2c[nH]c3ccccc23)NC(=O)[C@H]([C@@H](C)CC)NC(=O)[C@H](CC(=O)OOC)NC1=O. The lowest BCUT2D eigenvalue weighted by Gasteiger charge is -2.31. The van der Waals surface area contributed by atoms with Crippen molar-refractivity contribution in [2.75, 3.05) is 44.9 Å². The highest BCUT2D eigenvalue weighted by Gasteiger charge is 2.42. The summed E-state index contributed by atoms with van der Waals surface area (Å²) in [6, 6.07) is -2.91. The second-order valence-electron chi connectivity index (χ2n) is 26.7. The number of aliphatic carboxylic acids is 1. The Morgan fingerprint density at radius 1 is 0.670 bits per heavy atom. The number of thioether (sulfide) groups is 2. The van der Waals surface area contributed by atoms with E-state index in [2.05, 4.69) is 67.9 Å². The minimum atomic E-state index is -1.86. The number of nitrogens with one attached hydrogen (secondary N) is 10. The molecule has 12 amide bonds. The molecule has 6 rings (SSSR count). The number of unbranched alkanes of at least 4 members (excludes halogenated alkanes) is 1. The minimum absolute atomic E-state index is 0.0121. The second kappa shape index (κ2) is 45.5. The Kier molecular flexibility index (Phi) is 36.6. The van der Waals surface area contributed by atoms with Crippen molar-refractivity contribution in [3.63, 3.8) is 0 Å². The van der Waals surface area contributed by atoms with Crippen molar-refractivity contribution in [1.29, 1.82) is 0 Å². The number of hydrogen-bond donors (Lipinski definition) is 15. The van der Waals surface area contributed by atoms with Gasteiger partial charge in [-0.1, -0.05) is 69.5 Å². The summed E-state index contributed by atoms with van der Waals surface area (Å²) >= 11 is 2.39. The molecule has 1 aromatic heterocycles. The molecular formula is C71H103N17O19S2. The number of nitrogens with zero attached hydrogens (tertiary/aromatic N) is 3. The lowest BCUT2D eigenvalue weighted by Crippen LogP contribution is -2.62. The van der Waals surface area contributed by atoms with Crippen LogP contribution in [0.2, 0.25) is 0 Å². The summed E-state index contributed by atoms with van der Waals surface area (Å²) in [6.45, 7) is 5.63. The minimum Gasteiger partial charge on any atom is -0.494 e. The molecule has 38 heteroatoms. The Bertz CT molecular complexity index is 3730. The average Bonchev–Trinajstić information content (AvgIpc) is 1.72. The quantitative estimate of drug-likeness (QED) is 0.0212. The van der Waals surface area contributed by atoms with Crippen molar-refractivity contribution in [3.05, 3.63) is 65.4 Å². The highest BCUT2D eigenvalue weighted by atomic mass is 32.2. The summed E-state index contributed by atoms with van der Waals surface area (Å²) in [4.78, 5) is 221. The first-order chi connectivity index (χ1) is 52.2. The van der Waals surface area contributed by atoms with E-state index < -0.39 is 181 Å². The summed E-state index contributed by atoms with van der Waals surface area (Å²) in [7, 11) is 1.02. The predicted molar refractivity (Wildman–Crippen MR) is 402 cm³/mol. The maximum atomic E-state index is 15.3. The zero-order chi connectivity index (χ0) is 79.5. The van der Waals surface area contributed by atoms with E-state index in [4.69, 9.17) is 37.4 Å². The van der Waals surface area contributed by atoms with Gasteiger partial charge in [0.2, 0.25) is 65.0 Å². The molecule has 0 unspecified atom stereocenters. The van der Waals surface area contributed by atoms with Crippen molar-refractivity contribution in [2.24, 2.45) is 39.0 Å². The Labute approximate surface area is 639 Å². The third kappa shape index (κ3) is 29.4. The van der Waals surface area contributed by atoms with E-state index in [9.17, 15) is 62.6 Å². The summed E-state index contributed by atoms with van der Waals surface area (Å²) in [5.74, 6) is -14.3. The van der Waals surface area contributed by atoms with E-state index in [1.54, 1.807) is 56.4 Å². The Morgan fingerprint density at radius 3 is 1.93 bits per heavy atom. The highest BCUT2D eigenvalue weighted by Crippen LogP contribution is 2.28. The lowest BCUT2D eigenvalue weighted by molar-refractivity contribution is -0.255. The molecule has 2 aromatic carbocycles. The number of aromatic amines is 1. The van der Waals surface area contributed by atoms with Gasteiger partial charge < -0.3 is 95.4 Å². The van der Waals surface area contributed by atoms with Crippen LogP contribution in [0.25, 0.3) is 10.9 Å². The van der Waals surface area contributed by atoms with Crippen LogP contribution in [0.5, 0.6) is 5.75 Å². The number of carbonyl (C=O) groups is 14. The molecule has 3 aliphatic rings. The number of guanidine groups is 1. The molecule has 36 nitrogen and oxygen atoms in total. The molecule has 1 saturated heterocycles. The molecule has 598 valence electrons. The molecule has 4 bridgehead atoms. The number of H-pyrrole nitrogens is 1. The van der Waals surface area contributed by atoms with E-state index >= 15 is 9.59 Å². The van der Waals surface area contributed by atoms with Crippen LogP contribution in [-0.2, 0) is 99.7 Å². The van der Waals surface area contributed by atoms with Gasteiger partial charge in [0, 0.05) is 72.5 Å². The van der Waals surface area contributed by atoms with Crippen LogP contribution in [-0.4, -0.2) is 215 Å². The van der Waals surface area contributed by atoms with Crippen LogP contribution in [0.1, 0.15) is 147 Å². The zero-order valence-corrected chi connectivity index (χ0v) is 63.3. The maximum Gasteiger partial charge on any atom is 0.344 e. The van der Waals surface area contributed by atoms with Gasteiger partial charge in [-0.15, -0.1) is 0 Å². The number of hydrogen-bond acceptors (Lipinski definition) is 22. The third-order valence-corrected chi connectivity index (χ3v) is 20.5. The topological polar surface area (TPSA) is 552 Å². The normalized spacial score (nSPS) is 24.2. The van der Waals surface area contributed by atoms with Crippen LogP contribution in [0, 0.1) is 5.92 Å². The van der Waals surface area contributed by atoms with E-state index in [-0.39, 0.29) is 93.8 Å². The first kappa shape index (κ1) is 87.7. The second-order valence-corrected chi connectivity index (χ2v) is 28.8. The largest absolute Gasteiger partial charge is 0.494 e. The monoisotopic (exact) mass is 1560 g/mol. The number of carbonyl (C=O) groups excluding carboxylic acids is 13. The fraction of sp³-hybridized carbons (Fsp3) is 0.577. The number of oxime groups is 1. The molecule has 0 saturated carbocycles. The summed E-state index contributed by atoms with van der Waals surface area (Å²) < 4.78 is 6.30. The first-order valence-corrected chi connectivity index (χ1v) is 38.7. The average molecular weight is 1560 g/mol. The summed E-state index contributed by atoms with van der Waals surface area (Å²) in [6.07, 6.45) is 3.16. The van der Waals surface area contributed by atoms with Crippen LogP contribution in [0.15, 0.2) is 58.8 Å². The number of carboxylic acids is 1. The number of fused-ring (bicyclic) bond motifs is 7. The van der Waals surface area contributed by atoms with Gasteiger partial charge in [0.15, 0.2) is 5.96 Å². The number of ether oxygens (including phenoxy) is 1. The summed E-state index contributed by atoms with van der Waals surface area (Å²) in [5.41, 5.74) is 25.1. The number of primary amides is 2. The molecule has 109 heavy (non-hydrogen) atoms. The van der Waals surface area contributed by atoms with E-state index in [0.29, 0.717) is 71.9 Å². The molecule has 4 heterocycles. The highest BCUT2D eigenvalue weighted by molar-refractivity contribution is 7.98. The number of aromatic nitrogens is 1. The number of rotatable bonds is 21. The van der Waals surface area contributed by atoms with E-state index in [1.807, 2.05) is 13.0 Å². The van der Waals surface area contributed by atoms with Gasteiger partial charge in [-0.05, 0) is 111 Å². The van der Waals surface area contributed by atoms with Crippen molar-refractivity contribution in [3.8, 4) is 5.75 Å². The van der Waals surface area contributed by atoms with Crippen LogP contribution < -0.4 is 75.5 Å². The molecule has 0 radical (unpaired) electrons. The summed E-state index contributed by atoms with van der Waals surface area (Å²) in [5, 5.41) is 37.9. The lowest BCUT2D eigenvalue weighted by atomic mass is 9.96. The predicted octanol–water partition coefficient (Wildman–Crippen LogP) is -0.400. The maximum absolute atomic E-state index is 15.3. The number of benzene rings is 2. The molecule has 0 aliphatic carbocycles. The van der Waals surface area contributed by atoms with Crippen LogP contribution >= 0.6 is 23.5 Å². The smallest absolute Gasteiger partial charge is 0.344 e. The molecule has 3 aliphatic heterocycles. The van der Waals surface area contributed by atoms with Gasteiger partial charge in [0.1, 0.15) is 79.0 Å². The number of aliphatic imine (C=N–C) groups is 1. The Balaban J connectivity index is 1.46. The number of para-hydroxylation sites is 1. The van der Waals surface area contributed by atoms with Gasteiger partial charge in [-0.25, -0.2) is 4.79 Å². The third-order valence-electron chi connectivity index (χ3n) is 18.2. The molecule has 11 atom stereocenters. The number of amides is 12. The van der Waals surface area contributed by atoms with Gasteiger partial charge in [0.05, 0.1) is 20.1 Å². The standard InChI is InChI=1S/C71H103N17O19S2/c1-5-7-17-48-63(96)83-52(33-59(93)107-104-4)67(100)87-60(40(3)6-2)69(102)84-51(32-43-34-77-46-18-11-10-16-45(43)46)66(99)81-49(21-23-56(72)89)64(97)80-50(22-24-58(91)92)65(98)85-53(61(73)94)38-108-36-41-29-42-31-44(30-41)105-27-12-8-9-13-28-106-78-35-57(90)79-47(19-14-25-76-71(74)75)62(95)86-54(39-109-37-42)70(103)88-26-15-20-55(88)68(101)82-48/h10-11,16,18,29-31,34-35,40,47-55,60,77H,5-9,12-15,17,19-28,32-33,36-39H2,1-4H3,(H2,72,89)(H2,73,94)(H,79,90)(H,80,97)(H,81,99)(H,82,101)(H,83,96)(H,84,102)(H,85,98)(H,86,95)(H,87,100)(H,91,92)(H4,74,75,76)/b78-35+/t40-,47-,48-,49-,50-,51-,52-,53-,54-,55-,60-/m0/s1. The van der Waals surface area contributed by atoms with Gasteiger partial charge in [0.25, 0.3) is 5.91 Å². The Morgan fingerprint density at radius 2 is 1.27 bits per heavy atom. The molecular weight excluding hydrogens is 1460 g/mol. The van der Waals surface area contributed by atoms with Crippen molar-refractivity contribution in [1.82, 2.24) is 57.7 Å². The van der Waals surface area contributed by atoms with Crippen molar-refractivity contribution >= 4 is 129 Å².